The number of hydrogen-bond acceptors (Lipinski definition) is 7. The fourth-order valence-electron chi connectivity index (χ4n) is 5.27. The smallest absolute Gasteiger partial charge is 0.151 e. The molecular formula is C24H25ClN8. The van der Waals surface area contributed by atoms with Gasteiger partial charge in [0.05, 0.1) is 24.0 Å². The van der Waals surface area contributed by atoms with Crippen LogP contribution in [-0.4, -0.2) is 48.3 Å². The van der Waals surface area contributed by atoms with Crippen LogP contribution in [0.3, 0.4) is 0 Å². The van der Waals surface area contributed by atoms with Gasteiger partial charge in [-0.1, -0.05) is 11.6 Å². The topological polar surface area (TPSA) is 86.8 Å². The minimum atomic E-state index is -0.388. The normalized spacial score (nSPS) is 20.0. The van der Waals surface area contributed by atoms with Crippen molar-refractivity contribution in [3.05, 3.63) is 58.5 Å². The standard InChI is InChI=1S/C24H25ClN8/c1-16-22(28-9-8-27-16)31-10-4-17(5-11-31)23-30-29-21-14-32(24(15-26)6-7-24)13-18-12-19(25)2-3-20(18)33(21)23/h2-3,8-9,12,17H,4-7,10-11,13-14H2,1H3. The van der Waals surface area contributed by atoms with Gasteiger partial charge in [0, 0.05) is 43.0 Å². The van der Waals surface area contributed by atoms with Gasteiger partial charge in [-0.3, -0.25) is 14.5 Å². The number of benzene rings is 1. The van der Waals surface area contributed by atoms with E-state index in [2.05, 4.69) is 46.7 Å². The zero-order chi connectivity index (χ0) is 22.6. The molecule has 0 N–H and O–H groups in total. The average molecular weight is 461 g/mol. The Morgan fingerprint density at radius 3 is 2.61 bits per heavy atom. The first kappa shape index (κ1) is 20.6. The SMILES string of the molecule is Cc1nccnc1N1CCC(c2nnc3n2-c2ccc(Cl)cc2CN(C2(C#N)CC2)C3)CC1. The van der Waals surface area contributed by atoms with E-state index >= 15 is 0 Å². The summed E-state index contributed by atoms with van der Waals surface area (Å²) in [5.74, 6) is 3.19. The molecule has 6 rings (SSSR count). The highest BCUT2D eigenvalue weighted by Crippen LogP contribution is 2.45. The van der Waals surface area contributed by atoms with Crippen molar-refractivity contribution >= 4 is 17.4 Å². The van der Waals surface area contributed by atoms with Crippen molar-refractivity contribution in [2.24, 2.45) is 0 Å². The lowest BCUT2D eigenvalue weighted by atomic mass is 9.95. The Morgan fingerprint density at radius 2 is 1.88 bits per heavy atom. The second-order valence-electron chi connectivity index (χ2n) is 9.31. The Labute approximate surface area is 197 Å². The van der Waals surface area contributed by atoms with E-state index in [4.69, 9.17) is 11.6 Å². The fraction of sp³-hybridized carbons (Fsp3) is 0.458. The molecule has 168 valence electrons. The predicted molar refractivity (Wildman–Crippen MR) is 124 cm³/mol. The second kappa shape index (κ2) is 7.79. The van der Waals surface area contributed by atoms with Crippen molar-refractivity contribution in [1.29, 1.82) is 5.26 Å². The van der Waals surface area contributed by atoms with Crippen LogP contribution in [0.2, 0.25) is 5.02 Å². The summed E-state index contributed by atoms with van der Waals surface area (Å²) in [6, 6.07) is 8.57. The summed E-state index contributed by atoms with van der Waals surface area (Å²) in [5, 5.41) is 19.8. The Hall–Kier alpha value is -3.02. The number of anilines is 1. The predicted octanol–water partition coefficient (Wildman–Crippen LogP) is 3.77. The van der Waals surface area contributed by atoms with Crippen LogP contribution in [0.5, 0.6) is 0 Å². The second-order valence-corrected chi connectivity index (χ2v) is 9.75. The highest BCUT2D eigenvalue weighted by atomic mass is 35.5. The van der Waals surface area contributed by atoms with Crippen LogP contribution < -0.4 is 4.90 Å². The Kier molecular flexibility index (Phi) is 4.86. The molecular weight excluding hydrogens is 436 g/mol. The third kappa shape index (κ3) is 3.47. The molecule has 4 heterocycles. The number of nitriles is 1. The van der Waals surface area contributed by atoms with Crippen molar-refractivity contribution in [3.63, 3.8) is 0 Å². The first-order chi connectivity index (χ1) is 16.1. The van der Waals surface area contributed by atoms with Gasteiger partial charge < -0.3 is 4.90 Å². The summed E-state index contributed by atoms with van der Waals surface area (Å²) in [4.78, 5) is 13.5. The maximum absolute atomic E-state index is 9.82. The number of fused-ring (bicyclic) bond motifs is 3. The molecule has 8 nitrogen and oxygen atoms in total. The number of rotatable bonds is 3. The number of aromatic nitrogens is 5. The molecule has 2 aromatic heterocycles. The summed E-state index contributed by atoms with van der Waals surface area (Å²) in [6.45, 7) is 5.13. The first-order valence-electron chi connectivity index (χ1n) is 11.5. The van der Waals surface area contributed by atoms with Gasteiger partial charge >= 0.3 is 0 Å². The molecule has 0 bridgehead atoms. The quantitative estimate of drug-likeness (QED) is 0.587. The summed E-state index contributed by atoms with van der Waals surface area (Å²) in [7, 11) is 0. The number of halogens is 1. The van der Waals surface area contributed by atoms with E-state index in [9.17, 15) is 5.26 Å². The van der Waals surface area contributed by atoms with Gasteiger partial charge in [0.1, 0.15) is 17.2 Å². The van der Waals surface area contributed by atoms with Crippen LogP contribution in [0.4, 0.5) is 5.82 Å². The molecule has 1 saturated heterocycles. The van der Waals surface area contributed by atoms with Crippen LogP contribution >= 0.6 is 11.6 Å². The van der Waals surface area contributed by atoms with E-state index < -0.39 is 0 Å². The van der Waals surface area contributed by atoms with Crippen LogP contribution in [0.1, 0.15) is 54.5 Å². The van der Waals surface area contributed by atoms with Crippen molar-refractivity contribution in [1.82, 2.24) is 29.6 Å². The minimum absolute atomic E-state index is 0.306. The third-order valence-corrected chi connectivity index (χ3v) is 7.52. The van der Waals surface area contributed by atoms with Crippen molar-refractivity contribution < 1.29 is 0 Å². The highest BCUT2D eigenvalue weighted by molar-refractivity contribution is 6.30. The zero-order valence-corrected chi connectivity index (χ0v) is 19.3. The molecule has 2 fully saturated rings. The van der Waals surface area contributed by atoms with Crippen molar-refractivity contribution in [3.8, 4) is 11.8 Å². The largest absolute Gasteiger partial charge is 0.355 e. The lowest BCUT2D eigenvalue weighted by Crippen LogP contribution is -2.35. The number of hydrogen-bond donors (Lipinski definition) is 0. The van der Waals surface area contributed by atoms with E-state index in [0.717, 1.165) is 73.2 Å². The van der Waals surface area contributed by atoms with Gasteiger partial charge in [-0.2, -0.15) is 5.26 Å². The molecule has 1 saturated carbocycles. The van der Waals surface area contributed by atoms with E-state index in [1.54, 1.807) is 12.4 Å². The monoisotopic (exact) mass is 460 g/mol. The molecule has 33 heavy (non-hydrogen) atoms. The van der Waals surface area contributed by atoms with Gasteiger partial charge in [-0.25, -0.2) is 4.98 Å². The Bertz CT molecular complexity index is 1250. The molecule has 0 unspecified atom stereocenters. The molecule has 0 amide bonds. The molecule has 2 aliphatic heterocycles. The van der Waals surface area contributed by atoms with E-state index in [1.807, 2.05) is 19.1 Å². The van der Waals surface area contributed by atoms with E-state index in [0.29, 0.717) is 24.0 Å². The zero-order valence-electron chi connectivity index (χ0n) is 18.6. The number of aryl methyl sites for hydroxylation is 1. The fourth-order valence-corrected chi connectivity index (χ4v) is 5.47. The molecule has 0 radical (unpaired) electrons. The van der Waals surface area contributed by atoms with Crippen molar-refractivity contribution in [2.45, 2.75) is 57.2 Å². The van der Waals surface area contributed by atoms with Gasteiger partial charge in [0.2, 0.25) is 0 Å². The van der Waals surface area contributed by atoms with Crippen LogP contribution in [0.15, 0.2) is 30.6 Å². The highest BCUT2D eigenvalue weighted by Gasteiger charge is 2.50. The summed E-state index contributed by atoms with van der Waals surface area (Å²) in [5.41, 5.74) is 2.78. The molecule has 1 aromatic carbocycles. The average Bonchev–Trinajstić information content (AvgIpc) is 3.56. The van der Waals surface area contributed by atoms with Gasteiger partial charge in [-0.15, -0.1) is 10.2 Å². The van der Waals surface area contributed by atoms with Gasteiger partial charge in [0.25, 0.3) is 0 Å². The van der Waals surface area contributed by atoms with Gasteiger partial charge in [-0.05, 0) is 56.4 Å². The maximum atomic E-state index is 9.82. The number of nitrogens with zero attached hydrogens (tertiary/aromatic N) is 8. The maximum Gasteiger partial charge on any atom is 0.151 e. The van der Waals surface area contributed by atoms with E-state index in [-0.39, 0.29) is 5.54 Å². The summed E-state index contributed by atoms with van der Waals surface area (Å²) < 4.78 is 2.23. The van der Waals surface area contributed by atoms with Crippen molar-refractivity contribution in [2.75, 3.05) is 18.0 Å². The Balaban J connectivity index is 1.33. The summed E-state index contributed by atoms with van der Waals surface area (Å²) >= 11 is 6.38. The molecule has 0 atom stereocenters. The minimum Gasteiger partial charge on any atom is -0.355 e. The summed E-state index contributed by atoms with van der Waals surface area (Å²) in [6.07, 6.45) is 7.25. The lowest BCUT2D eigenvalue weighted by Gasteiger charge is -2.33. The van der Waals surface area contributed by atoms with Crippen LogP contribution in [0.25, 0.3) is 5.69 Å². The first-order valence-corrected chi connectivity index (χ1v) is 11.9. The van der Waals surface area contributed by atoms with Crippen LogP contribution in [0, 0.1) is 18.3 Å². The molecule has 3 aromatic rings. The Morgan fingerprint density at radius 1 is 1.09 bits per heavy atom. The molecule has 1 aliphatic carbocycles. The van der Waals surface area contributed by atoms with Gasteiger partial charge in [0.15, 0.2) is 5.82 Å². The number of piperidine rings is 1. The lowest BCUT2D eigenvalue weighted by molar-refractivity contribution is 0.197. The van der Waals surface area contributed by atoms with Crippen LogP contribution in [-0.2, 0) is 13.1 Å². The third-order valence-electron chi connectivity index (χ3n) is 7.28. The molecule has 3 aliphatic rings. The molecule has 9 heteroatoms. The van der Waals surface area contributed by atoms with E-state index in [1.165, 1.54) is 0 Å². The molecule has 0 spiro atoms.